The molecule has 186 valence electrons. The Kier molecular flexibility index (Phi) is 8.28. The first-order chi connectivity index (χ1) is 16.4. The highest BCUT2D eigenvalue weighted by Crippen LogP contribution is 2.36. The molecule has 0 spiro atoms. The molecule has 2 aromatic heterocycles. The number of hydrogen-bond acceptors (Lipinski definition) is 4. The van der Waals surface area contributed by atoms with Crippen molar-refractivity contribution in [3.63, 3.8) is 0 Å². The largest absolute Gasteiger partial charge is 0.461 e. The number of ether oxygens (including phenoxy) is 1. The second-order valence-corrected chi connectivity index (χ2v) is 9.51. The maximum Gasteiger partial charge on any atom is 0.417 e. The van der Waals surface area contributed by atoms with Crippen LogP contribution in [0, 0.1) is 5.92 Å². The third-order valence-electron chi connectivity index (χ3n) is 5.84. The third-order valence-corrected chi connectivity index (χ3v) is 6.29. The van der Waals surface area contributed by atoms with Crippen LogP contribution in [0.2, 0.25) is 10.0 Å². The molecule has 5 nitrogen and oxygen atoms in total. The zero-order valence-electron chi connectivity index (χ0n) is 19.0. The predicted molar refractivity (Wildman–Crippen MR) is 128 cm³/mol. The molecule has 0 saturated heterocycles. The fourth-order valence-electron chi connectivity index (χ4n) is 3.94. The average molecular weight is 526 g/mol. The number of alkyl halides is 3. The van der Waals surface area contributed by atoms with Crippen LogP contribution in [0.25, 0.3) is 0 Å². The van der Waals surface area contributed by atoms with Crippen LogP contribution < -0.4 is 10.5 Å². The summed E-state index contributed by atoms with van der Waals surface area (Å²) in [5.74, 6) is -1.21. The summed E-state index contributed by atoms with van der Waals surface area (Å²) in [6, 6.07) is 11.1. The minimum atomic E-state index is -4.53. The van der Waals surface area contributed by atoms with Gasteiger partial charge >= 0.3 is 6.18 Å². The van der Waals surface area contributed by atoms with Crippen LogP contribution in [0.4, 0.5) is 13.2 Å². The van der Waals surface area contributed by atoms with Crippen molar-refractivity contribution in [3.05, 3.63) is 87.8 Å². The summed E-state index contributed by atoms with van der Waals surface area (Å²) in [4.78, 5) is 20.4. The number of pyridine rings is 2. The van der Waals surface area contributed by atoms with Crippen molar-refractivity contribution < 1.29 is 22.7 Å². The van der Waals surface area contributed by atoms with Crippen molar-refractivity contribution in [2.24, 2.45) is 11.7 Å². The molecule has 0 bridgehead atoms. The lowest BCUT2D eigenvalue weighted by molar-refractivity contribution is -0.138. The van der Waals surface area contributed by atoms with Crippen LogP contribution in [0.3, 0.4) is 0 Å². The van der Waals surface area contributed by atoms with E-state index < -0.39 is 23.2 Å². The molecule has 35 heavy (non-hydrogen) atoms. The van der Waals surface area contributed by atoms with E-state index in [1.54, 1.807) is 18.3 Å². The van der Waals surface area contributed by atoms with E-state index in [1.165, 1.54) is 13.1 Å². The molecule has 0 fully saturated rings. The standard InChI is InChI=1S/C25H24Cl2F3N3O2/c1-15(11-24(2,23(31)34)35-22-8-5-18(13-33-22)25(28,29)30)21(17-10-20(27)14-32-12-17)9-16-3-6-19(26)7-4-16/h3-8,10,12-15,21H,9,11H2,1-2H3,(H2,31,34). The molecule has 1 amide bonds. The summed E-state index contributed by atoms with van der Waals surface area (Å²) in [7, 11) is 0. The quantitative estimate of drug-likeness (QED) is 0.346. The summed E-state index contributed by atoms with van der Waals surface area (Å²) < 4.78 is 44.3. The molecule has 3 atom stereocenters. The summed E-state index contributed by atoms with van der Waals surface area (Å²) >= 11 is 12.2. The lowest BCUT2D eigenvalue weighted by Crippen LogP contribution is -2.48. The van der Waals surface area contributed by atoms with Crippen molar-refractivity contribution in [2.75, 3.05) is 0 Å². The molecule has 0 aliphatic heterocycles. The van der Waals surface area contributed by atoms with E-state index in [1.807, 2.05) is 25.1 Å². The van der Waals surface area contributed by atoms with Gasteiger partial charge in [-0.1, -0.05) is 42.3 Å². The van der Waals surface area contributed by atoms with Crippen molar-refractivity contribution >= 4 is 29.1 Å². The molecule has 3 rings (SSSR count). The Bertz CT molecular complexity index is 1160. The van der Waals surface area contributed by atoms with Crippen LogP contribution >= 0.6 is 23.2 Å². The Morgan fingerprint density at radius 2 is 1.74 bits per heavy atom. The maximum atomic E-state index is 12.9. The molecule has 0 aliphatic rings. The Morgan fingerprint density at radius 1 is 1.06 bits per heavy atom. The number of nitrogens with zero attached hydrogens (tertiary/aromatic N) is 2. The van der Waals surface area contributed by atoms with Crippen LogP contribution in [0.15, 0.2) is 61.1 Å². The van der Waals surface area contributed by atoms with E-state index >= 15 is 0 Å². The van der Waals surface area contributed by atoms with E-state index in [0.29, 0.717) is 22.7 Å². The van der Waals surface area contributed by atoms with Crippen LogP contribution in [0.1, 0.15) is 42.9 Å². The summed E-state index contributed by atoms with van der Waals surface area (Å²) in [5.41, 5.74) is 5.10. The van der Waals surface area contributed by atoms with Crippen molar-refractivity contribution in [1.29, 1.82) is 0 Å². The normalized spacial score (nSPS) is 15.2. The molecule has 0 saturated carbocycles. The zero-order chi connectivity index (χ0) is 25.8. The highest BCUT2D eigenvalue weighted by molar-refractivity contribution is 6.30. The molecule has 0 aliphatic carbocycles. The topological polar surface area (TPSA) is 78.1 Å². The molecule has 10 heteroatoms. The van der Waals surface area contributed by atoms with E-state index in [9.17, 15) is 18.0 Å². The van der Waals surface area contributed by atoms with Gasteiger partial charge in [0.05, 0.1) is 10.6 Å². The van der Waals surface area contributed by atoms with Gasteiger partial charge in [-0.05, 0) is 67.0 Å². The molecule has 3 aromatic rings. The Hall–Kier alpha value is -2.84. The molecule has 0 radical (unpaired) electrons. The van der Waals surface area contributed by atoms with Gasteiger partial charge in [0, 0.05) is 29.7 Å². The molecular weight excluding hydrogens is 502 g/mol. The molecule has 3 unspecified atom stereocenters. The Balaban J connectivity index is 1.87. The molecule has 1 aromatic carbocycles. The zero-order valence-corrected chi connectivity index (χ0v) is 20.5. The van der Waals surface area contributed by atoms with E-state index in [0.717, 1.165) is 23.3 Å². The number of primary amides is 1. The second-order valence-electron chi connectivity index (χ2n) is 8.64. The van der Waals surface area contributed by atoms with Gasteiger partial charge in [0.15, 0.2) is 5.60 Å². The van der Waals surface area contributed by atoms with Gasteiger partial charge < -0.3 is 10.5 Å². The van der Waals surface area contributed by atoms with E-state index in [4.69, 9.17) is 33.7 Å². The van der Waals surface area contributed by atoms with Gasteiger partial charge in [0.25, 0.3) is 5.91 Å². The number of hydrogen-bond donors (Lipinski definition) is 1. The molecule has 2 heterocycles. The first-order valence-corrected chi connectivity index (χ1v) is 11.5. The minimum absolute atomic E-state index is 0.134. The smallest absolute Gasteiger partial charge is 0.417 e. The van der Waals surface area contributed by atoms with Gasteiger partial charge in [-0.3, -0.25) is 9.78 Å². The number of benzene rings is 1. The highest BCUT2D eigenvalue weighted by atomic mass is 35.5. The number of carbonyl (C=O) groups excluding carboxylic acids is 1. The number of halogens is 5. The van der Waals surface area contributed by atoms with Crippen LogP contribution in [-0.4, -0.2) is 21.5 Å². The van der Waals surface area contributed by atoms with Crippen LogP contribution in [-0.2, 0) is 17.4 Å². The number of nitrogens with two attached hydrogens (primary N) is 1. The van der Waals surface area contributed by atoms with Crippen LogP contribution in [0.5, 0.6) is 5.88 Å². The Labute approximate surface area is 211 Å². The van der Waals surface area contributed by atoms with Crippen molar-refractivity contribution in [1.82, 2.24) is 9.97 Å². The van der Waals surface area contributed by atoms with Gasteiger partial charge in [0.2, 0.25) is 5.88 Å². The monoisotopic (exact) mass is 525 g/mol. The third kappa shape index (κ3) is 7.08. The molecular formula is C25H24Cl2F3N3O2. The van der Waals surface area contributed by atoms with Gasteiger partial charge in [-0.2, -0.15) is 13.2 Å². The van der Waals surface area contributed by atoms with E-state index in [2.05, 4.69) is 9.97 Å². The fourth-order valence-corrected chi connectivity index (χ4v) is 4.25. The fraction of sp³-hybridized carbons (Fsp3) is 0.320. The number of aromatic nitrogens is 2. The summed E-state index contributed by atoms with van der Waals surface area (Å²) in [5, 5.41) is 1.08. The van der Waals surface area contributed by atoms with Gasteiger partial charge in [-0.25, -0.2) is 4.98 Å². The first kappa shape index (κ1) is 26.8. The van der Waals surface area contributed by atoms with Crippen molar-refractivity contribution in [2.45, 2.75) is 44.4 Å². The predicted octanol–water partition coefficient (Wildman–Crippen LogP) is 6.48. The Morgan fingerprint density at radius 3 is 2.29 bits per heavy atom. The lowest BCUT2D eigenvalue weighted by atomic mass is 9.77. The number of amides is 1. The summed E-state index contributed by atoms with van der Waals surface area (Å²) in [6.45, 7) is 3.44. The highest BCUT2D eigenvalue weighted by Gasteiger charge is 2.39. The van der Waals surface area contributed by atoms with Crippen molar-refractivity contribution in [3.8, 4) is 5.88 Å². The first-order valence-electron chi connectivity index (χ1n) is 10.7. The summed E-state index contributed by atoms with van der Waals surface area (Å²) in [6.07, 6.45) is 0.114. The molecule has 2 N–H and O–H groups in total. The number of rotatable bonds is 9. The number of carbonyl (C=O) groups is 1. The lowest BCUT2D eigenvalue weighted by Gasteiger charge is -2.33. The SMILES string of the molecule is CC(CC(C)(Oc1ccc(C(F)(F)F)cn1)C(N)=O)C(Cc1ccc(Cl)cc1)c1cncc(Cl)c1. The maximum absolute atomic E-state index is 12.9. The average Bonchev–Trinajstić information content (AvgIpc) is 2.78. The van der Waals surface area contributed by atoms with Gasteiger partial charge in [0.1, 0.15) is 0 Å². The van der Waals surface area contributed by atoms with Gasteiger partial charge in [-0.15, -0.1) is 0 Å². The minimum Gasteiger partial charge on any atom is -0.461 e. The van der Waals surface area contributed by atoms with E-state index in [-0.39, 0.29) is 24.1 Å². The second kappa shape index (κ2) is 10.8.